The normalized spacial score (nSPS) is 10.4. The van der Waals surface area contributed by atoms with Crippen molar-refractivity contribution < 1.29 is 4.79 Å². The SMILES string of the molecule is CCc1cc(N)ccc1NC(=O)C(C)C. The first-order chi connectivity index (χ1) is 7.04. The van der Waals surface area contributed by atoms with Crippen molar-refractivity contribution in [1.82, 2.24) is 0 Å². The molecule has 0 atom stereocenters. The molecule has 0 aliphatic rings. The summed E-state index contributed by atoms with van der Waals surface area (Å²) < 4.78 is 0. The number of aryl methyl sites for hydroxylation is 1. The van der Waals surface area contributed by atoms with Crippen molar-refractivity contribution in [1.29, 1.82) is 0 Å². The third-order valence-electron chi connectivity index (χ3n) is 2.29. The number of benzene rings is 1. The number of hydrogen-bond donors (Lipinski definition) is 2. The van der Waals surface area contributed by atoms with Crippen LogP contribution in [0.25, 0.3) is 0 Å². The Balaban J connectivity index is 2.89. The second kappa shape index (κ2) is 4.82. The number of anilines is 2. The summed E-state index contributed by atoms with van der Waals surface area (Å²) in [5.41, 5.74) is 8.35. The Bertz CT molecular complexity index is 359. The Labute approximate surface area is 90.7 Å². The summed E-state index contributed by atoms with van der Waals surface area (Å²) in [7, 11) is 0. The summed E-state index contributed by atoms with van der Waals surface area (Å²) in [4.78, 5) is 11.5. The molecular weight excluding hydrogens is 188 g/mol. The van der Waals surface area contributed by atoms with Gasteiger partial charge in [-0.3, -0.25) is 4.79 Å². The van der Waals surface area contributed by atoms with Gasteiger partial charge in [0.25, 0.3) is 0 Å². The quantitative estimate of drug-likeness (QED) is 0.746. The first-order valence-corrected chi connectivity index (χ1v) is 5.23. The van der Waals surface area contributed by atoms with Gasteiger partial charge >= 0.3 is 0 Å². The van der Waals surface area contributed by atoms with Crippen molar-refractivity contribution in [3.63, 3.8) is 0 Å². The minimum atomic E-state index is -0.00717. The van der Waals surface area contributed by atoms with Crippen molar-refractivity contribution in [2.75, 3.05) is 11.1 Å². The van der Waals surface area contributed by atoms with Gasteiger partial charge in [-0.05, 0) is 30.2 Å². The first-order valence-electron chi connectivity index (χ1n) is 5.23. The van der Waals surface area contributed by atoms with E-state index >= 15 is 0 Å². The molecule has 15 heavy (non-hydrogen) atoms. The maximum absolute atomic E-state index is 11.5. The van der Waals surface area contributed by atoms with Crippen LogP contribution in [-0.2, 0) is 11.2 Å². The van der Waals surface area contributed by atoms with Crippen molar-refractivity contribution in [2.45, 2.75) is 27.2 Å². The van der Waals surface area contributed by atoms with E-state index in [9.17, 15) is 4.79 Å². The largest absolute Gasteiger partial charge is 0.399 e. The molecule has 0 aliphatic carbocycles. The van der Waals surface area contributed by atoms with E-state index in [1.807, 2.05) is 32.9 Å². The van der Waals surface area contributed by atoms with Crippen LogP contribution in [0.4, 0.5) is 11.4 Å². The number of nitrogens with one attached hydrogen (secondary N) is 1. The maximum atomic E-state index is 11.5. The van der Waals surface area contributed by atoms with Gasteiger partial charge in [0.1, 0.15) is 0 Å². The Morgan fingerprint density at radius 3 is 2.67 bits per heavy atom. The van der Waals surface area contributed by atoms with E-state index in [1.54, 1.807) is 6.07 Å². The van der Waals surface area contributed by atoms with Crippen molar-refractivity contribution >= 4 is 17.3 Å². The van der Waals surface area contributed by atoms with E-state index in [4.69, 9.17) is 5.73 Å². The van der Waals surface area contributed by atoms with Gasteiger partial charge in [-0.1, -0.05) is 20.8 Å². The lowest BCUT2D eigenvalue weighted by molar-refractivity contribution is -0.118. The zero-order chi connectivity index (χ0) is 11.4. The van der Waals surface area contributed by atoms with Gasteiger partial charge in [-0.2, -0.15) is 0 Å². The third kappa shape index (κ3) is 2.98. The zero-order valence-electron chi connectivity index (χ0n) is 9.50. The zero-order valence-corrected chi connectivity index (χ0v) is 9.50. The molecule has 1 aromatic carbocycles. The summed E-state index contributed by atoms with van der Waals surface area (Å²) in [5, 5.41) is 2.89. The topological polar surface area (TPSA) is 55.1 Å². The molecule has 0 aromatic heterocycles. The molecule has 0 saturated carbocycles. The van der Waals surface area contributed by atoms with Gasteiger partial charge in [0.2, 0.25) is 5.91 Å². The molecule has 82 valence electrons. The second-order valence-corrected chi connectivity index (χ2v) is 3.91. The predicted molar refractivity (Wildman–Crippen MR) is 63.7 cm³/mol. The fourth-order valence-corrected chi connectivity index (χ4v) is 1.31. The van der Waals surface area contributed by atoms with E-state index in [-0.39, 0.29) is 11.8 Å². The summed E-state index contributed by atoms with van der Waals surface area (Å²) in [6.45, 7) is 5.79. The molecule has 1 aromatic rings. The molecule has 1 rings (SSSR count). The highest BCUT2D eigenvalue weighted by Crippen LogP contribution is 2.20. The number of amides is 1. The smallest absolute Gasteiger partial charge is 0.226 e. The average molecular weight is 206 g/mol. The molecule has 3 N–H and O–H groups in total. The van der Waals surface area contributed by atoms with Crippen LogP contribution in [0.2, 0.25) is 0 Å². The number of rotatable bonds is 3. The summed E-state index contributed by atoms with van der Waals surface area (Å²) in [6.07, 6.45) is 0.860. The molecule has 0 unspecified atom stereocenters. The number of carbonyl (C=O) groups excluding carboxylic acids is 1. The van der Waals surface area contributed by atoms with Crippen LogP contribution in [0.5, 0.6) is 0 Å². The minimum absolute atomic E-state index is 0.00717. The summed E-state index contributed by atoms with van der Waals surface area (Å²) >= 11 is 0. The van der Waals surface area contributed by atoms with Crippen LogP contribution in [0.15, 0.2) is 18.2 Å². The second-order valence-electron chi connectivity index (χ2n) is 3.91. The molecule has 0 radical (unpaired) electrons. The summed E-state index contributed by atoms with van der Waals surface area (Å²) in [6, 6.07) is 5.56. The molecule has 1 amide bonds. The molecule has 3 heteroatoms. The highest BCUT2D eigenvalue weighted by molar-refractivity contribution is 5.93. The fourth-order valence-electron chi connectivity index (χ4n) is 1.31. The Morgan fingerprint density at radius 2 is 2.13 bits per heavy atom. The number of carbonyl (C=O) groups is 1. The first kappa shape index (κ1) is 11.6. The summed E-state index contributed by atoms with van der Waals surface area (Å²) in [5.74, 6) is 0.0294. The Hall–Kier alpha value is -1.51. The third-order valence-corrected chi connectivity index (χ3v) is 2.29. The van der Waals surface area contributed by atoms with Crippen LogP contribution in [-0.4, -0.2) is 5.91 Å². The predicted octanol–water partition coefficient (Wildman–Crippen LogP) is 2.43. The van der Waals surface area contributed by atoms with Crippen molar-refractivity contribution in [2.24, 2.45) is 5.92 Å². The number of nitrogens with two attached hydrogens (primary N) is 1. The molecule has 0 bridgehead atoms. The molecule has 3 nitrogen and oxygen atoms in total. The number of hydrogen-bond acceptors (Lipinski definition) is 2. The van der Waals surface area contributed by atoms with Gasteiger partial charge in [0.05, 0.1) is 0 Å². The van der Waals surface area contributed by atoms with Crippen LogP contribution in [0, 0.1) is 5.92 Å². The maximum Gasteiger partial charge on any atom is 0.226 e. The lowest BCUT2D eigenvalue weighted by Crippen LogP contribution is -2.18. The van der Waals surface area contributed by atoms with E-state index in [0.717, 1.165) is 23.4 Å². The average Bonchev–Trinajstić information content (AvgIpc) is 2.20. The lowest BCUT2D eigenvalue weighted by Gasteiger charge is -2.12. The van der Waals surface area contributed by atoms with Gasteiger partial charge in [0, 0.05) is 17.3 Å². The van der Waals surface area contributed by atoms with Crippen molar-refractivity contribution in [3.05, 3.63) is 23.8 Å². The molecular formula is C12H18N2O. The highest BCUT2D eigenvalue weighted by atomic mass is 16.1. The van der Waals surface area contributed by atoms with Crippen LogP contribution < -0.4 is 11.1 Å². The molecule has 0 aliphatic heterocycles. The van der Waals surface area contributed by atoms with E-state index in [2.05, 4.69) is 5.32 Å². The number of nitrogen functional groups attached to an aromatic ring is 1. The van der Waals surface area contributed by atoms with Gasteiger partial charge in [0.15, 0.2) is 0 Å². The van der Waals surface area contributed by atoms with Gasteiger partial charge < -0.3 is 11.1 Å². The van der Waals surface area contributed by atoms with Crippen molar-refractivity contribution in [3.8, 4) is 0 Å². The van der Waals surface area contributed by atoms with Crippen LogP contribution in [0.1, 0.15) is 26.3 Å². The molecule has 0 spiro atoms. The minimum Gasteiger partial charge on any atom is -0.399 e. The molecule has 0 saturated heterocycles. The standard InChI is InChI=1S/C12H18N2O/c1-4-9-7-10(13)5-6-11(9)14-12(15)8(2)3/h5-8H,4,13H2,1-3H3,(H,14,15). The van der Waals surface area contributed by atoms with E-state index in [1.165, 1.54) is 0 Å². The highest BCUT2D eigenvalue weighted by Gasteiger charge is 2.09. The van der Waals surface area contributed by atoms with Crippen LogP contribution in [0.3, 0.4) is 0 Å². The fraction of sp³-hybridized carbons (Fsp3) is 0.417. The molecule has 0 fully saturated rings. The van der Waals surface area contributed by atoms with Crippen LogP contribution >= 0.6 is 0 Å². The Morgan fingerprint density at radius 1 is 1.47 bits per heavy atom. The monoisotopic (exact) mass is 206 g/mol. The van der Waals surface area contributed by atoms with Gasteiger partial charge in [-0.25, -0.2) is 0 Å². The van der Waals surface area contributed by atoms with E-state index < -0.39 is 0 Å². The lowest BCUT2D eigenvalue weighted by atomic mass is 10.1. The van der Waals surface area contributed by atoms with Gasteiger partial charge in [-0.15, -0.1) is 0 Å². The Kier molecular flexibility index (Phi) is 3.72. The van der Waals surface area contributed by atoms with E-state index in [0.29, 0.717) is 0 Å². The molecule has 0 heterocycles.